The van der Waals surface area contributed by atoms with Gasteiger partial charge in [0.1, 0.15) is 0 Å². The minimum Gasteiger partial charge on any atom is -0.481 e. The number of hydrogen-bond acceptors (Lipinski definition) is 3. The van der Waals surface area contributed by atoms with Crippen molar-refractivity contribution in [1.82, 2.24) is 10.2 Å². The molecule has 2 amide bonds. The molecule has 6 heteroatoms. The summed E-state index contributed by atoms with van der Waals surface area (Å²) in [4.78, 5) is 25.6. The standard InChI is InChI=1S/C15H26N2O4/c1-11-10-17(8-5-9-21-11)15(20)16-13-7-4-2-3-6-12(13)14(18)19/h11-13H,2-10H2,1H3,(H,16,20)(H,18,19). The highest BCUT2D eigenvalue weighted by atomic mass is 16.5. The van der Waals surface area contributed by atoms with Gasteiger partial charge in [-0.15, -0.1) is 0 Å². The van der Waals surface area contributed by atoms with Crippen molar-refractivity contribution in [3.63, 3.8) is 0 Å². The van der Waals surface area contributed by atoms with Gasteiger partial charge in [-0.3, -0.25) is 4.79 Å². The summed E-state index contributed by atoms with van der Waals surface area (Å²) in [7, 11) is 0. The molecule has 0 bridgehead atoms. The van der Waals surface area contributed by atoms with Crippen molar-refractivity contribution in [2.75, 3.05) is 19.7 Å². The average molecular weight is 298 g/mol. The van der Waals surface area contributed by atoms with Gasteiger partial charge in [-0.25, -0.2) is 4.79 Å². The molecule has 120 valence electrons. The van der Waals surface area contributed by atoms with Crippen LogP contribution in [0.1, 0.15) is 45.4 Å². The fourth-order valence-electron chi connectivity index (χ4n) is 3.20. The fraction of sp³-hybridized carbons (Fsp3) is 0.867. The van der Waals surface area contributed by atoms with Crippen LogP contribution in [0.15, 0.2) is 0 Å². The lowest BCUT2D eigenvalue weighted by Gasteiger charge is -2.28. The van der Waals surface area contributed by atoms with Crippen LogP contribution in [0.2, 0.25) is 0 Å². The van der Waals surface area contributed by atoms with Crippen LogP contribution in [0.3, 0.4) is 0 Å². The monoisotopic (exact) mass is 298 g/mol. The summed E-state index contributed by atoms with van der Waals surface area (Å²) >= 11 is 0. The molecule has 1 saturated heterocycles. The number of carboxylic acids is 1. The number of aliphatic carboxylic acids is 1. The number of hydrogen-bond donors (Lipinski definition) is 2. The highest BCUT2D eigenvalue weighted by molar-refractivity contribution is 5.77. The Morgan fingerprint density at radius 3 is 2.71 bits per heavy atom. The Labute approximate surface area is 125 Å². The van der Waals surface area contributed by atoms with Gasteiger partial charge in [-0.2, -0.15) is 0 Å². The van der Waals surface area contributed by atoms with Crippen LogP contribution in [0.5, 0.6) is 0 Å². The van der Waals surface area contributed by atoms with Gasteiger partial charge in [-0.05, 0) is 26.2 Å². The second-order valence-corrected chi connectivity index (χ2v) is 6.12. The first-order chi connectivity index (χ1) is 10.1. The van der Waals surface area contributed by atoms with Gasteiger partial charge in [0.25, 0.3) is 0 Å². The molecule has 0 aromatic carbocycles. The van der Waals surface area contributed by atoms with E-state index in [4.69, 9.17) is 4.74 Å². The van der Waals surface area contributed by atoms with Crippen LogP contribution < -0.4 is 5.32 Å². The number of nitrogens with one attached hydrogen (secondary N) is 1. The Bertz CT molecular complexity index is 375. The second kappa shape index (κ2) is 7.64. The zero-order chi connectivity index (χ0) is 15.2. The molecule has 1 aliphatic heterocycles. The molecule has 3 atom stereocenters. The van der Waals surface area contributed by atoms with E-state index in [0.717, 1.165) is 32.1 Å². The van der Waals surface area contributed by atoms with Crippen molar-refractivity contribution in [2.45, 2.75) is 57.6 Å². The Kier molecular flexibility index (Phi) is 5.85. The zero-order valence-electron chi connectivity index (χ0n) is 12.7. The lowest BCUT2D eigenvalue weighted by Crippen LogP contribution is -2.50. The van der Waals surface area contributed by atoms with E-state index >= 15 is 0 Å². The van der Waals surface area contributed by atoms with E-state index in [9.17, 15) is 14.7 Å². The first-order valence-corrected chi connectivity index (χ1v) is 7.98. The zero-order valence-corrected chi connectivity index (χ0v) is 12.7. The Morgan fingerprint density at radius 1 is 1.19 bits per heavy atom. The van der Waals surface area contributed by atoms with Gasteiger partial charge < -0.3 is 20.1 Å². The lowest BCUT2D eigenvalue weighted by atomic mass is 9.95. The van der Waals surface area contributed by atoms with E-state index in [1.807, 2.05) is 6.92 Å². The smallest absolute Gasteiger partial charge is 0.317 e. The second-order valence-electron chi connectivity index (χ2n) is 6.12. The van der Waals surface area contributed by atoms with Crippen molar-refractivity contribution in [2.24, 2.45) is 5.92 Å². The van der Waals surface area contributed by atoms with Crippen LogP contribution in [-0.4, -0.2) is 53.8 Å². The van der Waals surface area contributed by atoms with E-state index in [1.54, 1.807) is 4.90 Å². The predicted molar refractivity (Wildman–Crippen MR) is 78.1 cm³/mol. The third kappa shape index (κ3) is 4.59. The number of carboxylic acid groups (broad SMARTS) is 1. The molecule has 0 aromatic heterocycles. The van der Waals surface area contributed by atoms with E-state index < -0.39 is 11.9 Å². The third-order valence-electron chi connectivity index (χ3n) is 4.38. The van der Waals surface area contributed by atoms with Gasteiger partial charge in [0.2, 0.25) is 0 Å². The first kappa shape index (κ1) is 16.1. The quantitative estimate of drug-likeness (QED) is 0.762. The molecule has 1 aliphatic carbocycles. The first-order valence-electron chi connectivity index (χ1n) is 7.98. The highest BCUT2D eigenvalue weighted by Crippen LogP contribution is 2.24. The molecule has 21 heavy (non-hydrogen) atoms. The summed E-state index contributed by atoms with van der Waals surface area (Å²) in [5, 5.41) is 12.3. The fourth-order valence-corrected chi connectivity index (χ4v) is 3.20. The number of urea groups is 1. The van der Waals surface area contributed by atoms with Crippen molar-refractivity contribution < 1.29 is 19.4 Å². The van der Waals surface area contributed by atoms with E-state index in [0.29, 0.717) is 26.1 Å². The number of carbonyl (C=O) groups is 2. The largest absolute Gasteiger partial charge is 0.481 e. The number of ether oxygens (including phenoxy) is 1. The van der Waals surface area contributed by atoms with Crippen molar-refractivity contribution in [1.29, 1.82) is 0 Å². The minimum atomic E-state index is -0.797. The van der Waals surface area contributed by atoms with E-state index in [1.165, 1.54) is 0 Å². The summed E-state index contributed by atoms with van der Waals surface area (Å²) in [6.45, 7) is 3.86. The number of amides is 2. The van der Waals surface area contributed by atoms with E-state index in [2.05, 4.69) is 5.32 Å². The molecule has 1 saturated carbocycles. The van der Waals surface area contributed by atoms with Crippen molar-refractivity contribution >= 4 is 12.0 Å². The number of rotatable bonds is 2. The van der Waals surface area contributed by atoms with Crippen LogP contribution in [0.4, 0.5) is 4.79 Å². The van der Waals surface area contributed by atoms with Crippen molar-refractivity contribution in [3.8, 4) is 0 Å². The van der Waals surface area contributed by atoms with Gasteiger partial charge in [0.05, 0.1) is 12.0 Å². The predicted octanol–water partition coefficient (Wildman–Crippen LogP) is 1.84. The number of nitrogens with zero attached hydrogens (tertiary/aromatic N) is 1. The van der Waals surface area contributed by atoms with Crippen LogP contribution in [0.25, 0.3) is 0 Å². The van der Waals surface area contributed by atoms with Crippen molar-refractivity contribution in [3.05, 3.63) is 0 Å². The van der Waals surface area contributed by atoms with E-state index in [-0.39, 0.29) is 18.2 Å². The average Bonchev–Trinajstić information content (AvgIpc) is 2.79. The Hall–Kier alpha value is -1.30. The number of carbonyl (C=O) groups excluding carboxylic acids is 1. The molecule has 2 fully saturated rings. The summed E-state index contributed by atoms with van der Waals surface area (Å²) in [6, 6.07) is -0.400. The molecule has 0 aromatic rings. The maximum absolute atomic E-state index is 12.4. The normalized spacial score (nSPS) is 31.1. The minimum absolute atomic E-state index is 0.0302. The third-order valence-corrected chi connectivity index (χ3v) is 4.38. The molecular weight excluding hydrogens is 272 g/mol. The molecule has 0 radical (unpaired) electrons. The maximum Gasteiger partial charge on any atom is 0.317 e. The molecule has 2 rings (SSSR count). The summed E-state index contributed by atoms with van der Waals surface area (Å²) in [5.41, 5.74) is 0. The summed E-state index contributed by atoms with van der Waals surface area (Å²) in [5.74, 6) is -1.26. The Morgan fingerprint density at radius 2 is 1.95 bits per heavy atom. The van der Waals surface area contributed by atoms with Crippen LogP contribution in [0, 0.1) is 5.92 Å². The SMILES string of the molecule is CC1CN(C(=O)NC2CCCCCC2C(=O)O)CCCO1. The van der Waals surface area contributed by atoms with Gasteiger partial charge in [0.15, 0.2) is 0 Å². The van der Waals surface area contributed by atoms with Crippen LogP contribution in [-0.2, 0) is 9.53 Å². The molecule has 2 aliphatic rings. The maximum atomic E-state index is 12.4. The topological polar surface area (TPSA) is 78.9 Å². The molecular formula is C15H26N2O4. The molecule has 3 unspecified atom stereocenters. The molecule has 2 N–H and O–H groups in total. The van der Waals surface area contributed by atoms with Gasteiger partial charge in [0, 0.05) is 25.7 Å². The van der Waals surface area contributed by atoms with Gasteiger partial charge in [-0.1, -0.05) is 19.3 Å². The van der Waals surface area contributed by atoms with Crippen LogP contribution >= 0.6 is 0 Å². The summed E-state index contributed by atoms with van der Waals surface area (Å²) in [6.07, 6.45) is 5.21. The Balaban J connectivity index is 1.96. The summed E-state index contributed by atoms with van der Waals surface area (Å²) < 4.78 is 5.54. The molecule has 1 heterocycles. The molecule has 0 spiro atoms. The molecule has 6 nitrogen and oxygen atoms in total. The highest BCUT2D eigenvalue weighted by Gasteiger charge is 2.32. The lowest BCUT2D eigenvalue weighted by molar-refractivity contribution is -0.142. The van der Waals surface area contributed by atoms with Gasteiger partial charge >= 0.3 is 12.0 Å².